The van der Waals surface area contributed by atoms with E-state index in [1.54, 1.807) is 0 Å². The molecule has 0 radical (unpaired) electrons. The average molecular weight is 228 g/mol. The highest BCUT2D eigenvalue weighted by atomic mass is 31.1. The van der Waals surface area contributed by atoms with Gasteiger partial charge >= 0.3 is 0 Å². The van der Waals surface area contributed by atoms with Crippen molar-refractivity contribution in [3.05, 3.63) is 0 Å². The molecule has 1 saturated carbocycles. The molecular weight excluding hydrogens is 199 g/mol. The zero-order valence-corrected chi connectivity index (χ0v) is 12.0. The third kappa shape index (κ3) is 5.91. The summed E-state index contributed by atoms with van der Waals surface area (Å²) in [6.07, 6.45) is 10.5. The number of hydrogen-bond acceptors (Lipinski definition) is 0. The minimum absolute atomic E-state index is 0.287. The number of hydrogen-bond donors (Lipinski definition) is 0. The molecule has 1 heteroatoms. The fourth-order valence-corrected chi connectivity index (χ4v) is 3.75. The second-order valence-corrected chi connectivity index (χ2v) is 8.40. The lowest BCUT2D eigenvalue weighted by Crippen LogP contribution is -2.10. The molecule has 15 heavy (non-hydrogen) atoms. The van der Waals surface area contributed by atoms with Crippen LogP contribution in [0.2, 0.25) is 0 Å². The molecule has 0 amide bonds. The van der Waals surface area contributed by atoms with E-state index in [4.69, 9.17) is 0 Å². The Morgan fingerprint density at radius 2 is 1.93 bits per heavy atom. The van der Waals surface area contributed by atoms with E-state index in [0.717, 1.165) is 17.5 Å². The van der Waals surface area contributed by atoms with Crippen molar-refractivity contribution in [2.24, 2.45) is 11.8 Å². The molecule has 1 fully saturated rings. The van der Waals surface area contributed by atoms with E-state index in [1.165, 1.54) is 44.9 Å². The Labute approximate surface area is 98.0 Å². The quantitative estimate of drug-likeness (QED) is 0.506. The van der Waals surface area contributed by atoms with Gasteiger partial charge in [0.15, 0.2) is 0 Å². The Morgan fingerprint density at radius 1 is 1.27 bits per heavy atom. The summed E-state index contributed by atoms with van der Waals surface area (Å²) in [5.41, 5.74) is 1.05. The molecule has 0 aromatic heterocycles. The van der Waals surface area contributed by atoms with Crippen LogP contribution in [0.15, 0.2) is 0 Å². The molecule has 0 N–H and O–H groups in total. The van der Waals surface area contributed by atoms with E-state index >= 15 is 0 Å². The van der Waals surface area contributed by atoms with Gasteiger partial charge in [-0.2, -0.15) is 0 Å². The second-order valence-electron chi connectivity index (χ2n) is 5.74. The molecule has 1 aliphatic carbocycles. The Bertz CT molecular complexity index is 161. The third-order valence-corrected chi connectivity index (χ3v) is 5.88. The van der Waals surface area contributed by atoms with Crippen LogP contribution < -0.4 is 0 Å². The second kappa shape index (κ2) is 6.89. The van der Waals surface area contributed by atoms with Gasteiger partial charge in [-0.3, -0.25) is 0 Å². The summed E-state index contributed by atoms with van der Waals surface area (Å²) in [6, 6.07) is 0. The van der Waals surface area contributed by atoms with Crippen molar-refractivity contribution in [3.63, 3.8) is 0 Å². The van der Waals surface area contributed by atoms with E-state index < -0.39 is 0 Å². The molecule has 0 aromatic carbocycles. The van der Waals surface area contributed by atoms with E-state index in [1.807, 2.05) is 0 Å². The van der Waals surface area contributed by atoms with Crippen LogP contribution in [0.3, 0.4) is 0 Å². The van der Waals surface area contributed by atoms with Gasteiger partial charge in [0.2, 0.25) is 0 Å². The van der Waals surface area contributed by atoms with Crippen LogP contribution in [0.4, 0.5) is 0 Å². The summed E-state index contributed by atoms with van der Waals surface area (Å²) in [4.78, 5) is 0. The van der Waals surface area contributed by atoms with Crippen LogP contribution in [0.1, 0.15) is 58.8 Å². The topological polar surface area (TPSA) is 0 Å². The van der Waals surface area contributed by atoms with Gasteiger partial charge in [0.1, 0.15) is 0 Å². The first-order valence-electron chi connectivity index (χ1n) is 6.79. The van der Waals surface area contributed by atoms with Crippen molar-refractivity contribution in [2.75, 3.05) is 13.3 Å². The lowest BCUT2D eigenvalue weighted by Gasteiger charge is -2.24. The Morgan fingerprint density at radius 3 is 2.40 bits per heavy atom. The SMILES string of the molecule is CCC(C)CC(CCCC1CC1)P(C)C. The normalized spacial score (nSPS) is 20.6. The van der Waals surface area contributed by atoms with E-state index in [2.05, 4.69) is 27.2 Å². The molecule has 1 aliphatic rings. The fraction of sp³-hybridized carbons (Fsp3) is 1.00. The van der Waals surface area contributed by atoms with Gasteiger partial charge in [-0.05, 0) is 43.7 Å². The van der Waals surface area contributed by atoms with Crippen LogP contribution >= 0.6 is 7.92 Å². The molecule has 0 saturated heterocycles. The monoisotopic (exact) mass is 228 g/mol. The minimum atomic E-state index is 0.287. The van der Waals surface area contributed by atoms with Crippen molar-refractivity contribution < 1.29 is 0 Å². The summed E-state index contributed by atoms with van der Waals surface area (Å²) < 4.78 is 0. The smallest absolute Gasteiger partial charge is 0.0212 e. The Balaban J connectivity index is 2.16. The Hall–Kier alpha value is 0.430. The molecule has 0 aromatic rings. The predicted octanol–water partition coefficient (Wildman–Crippen LogP) is 5.11. The molecule has 1 rings (SSSR count). The molecule has 0 heterocycles. The van der Waals surface area contributed by atoms with Crippen molar-refractivity contribution in [2.45, 2.75) is 64.5 Å². The molecule has 0 bridgehead atoms. The lowest BCUT2D eigenvalue weighted by atomic mass is 9.99. The van der Waals surface area contributed by atoms with E-state index in [9.17, 15) is 0 Å². The van der Waals surface area contributed by atoms with Crippen LogP contribution in [0.25, 0.3) is 0 Å². The Kier molecular flexibility index (Phi) is 6.20. The largest absolute Gasteiger partial charge is 0.110 e. The molecule has 2 unspecified atom stereocenters. The van der Waals surface area contributed by atoms with Crippen molar-refractivity contribution >= 4 is 7.92 Å². The summed E-state index contributed by atoms with van der Waals surface area (Å²) in [7, 11) is 0.287. The van der Waals surface area contributed by atoms with Gasteiger partial charge in [0.25, 0.3) is 0 Å². The standard InChI is InChI=1S/C14H29P/c1-5-12(2)11-14(15(3)4)8-6-7-13-9-10-13/h12-14H,5-11H2,1-4H3. The van der Waals surface area contributed by atoms with Crippen LogP contribution in [0.5, 0.6) is 0 Å². The fourth-order valence-electron chi connectivity index (χ4n) is 2.27. The van der Waals surface area contributed by atoms with Gasteiger partial charge < -0.3 is 0 Å². The lowest BCUT2D eigenvalue weighted by molar-refractivity contribution is 0.476. The van der Waals surface area contributed by atoms with Crippen LogP contribution in [0, 0.1) is 11.8 Å². The summed E-state index contributed by atoms with van der Waals surface area (Å²) in [5.74, 6) is 2.08. The maximum atomic E-state index is 2.47. The highest BCUT2D eigenvalue weighted by Gasteiger charge is 2.22. The van der Waals surface area contributed by atoms with E-state index in [-0.39, 0.29) is 7.92 Å². The molecule has 0 aliphatic heterocycles. The number of rotatable bonds is 8. The third-order valence-electron chi connectivity index (χ3n) is 3.95. The van der Waals surface area contributed by atoms with Gasteiger partial charge in [0, 0.05) is 0 Å². The van der Waals surface area contributed by atoms with E-state index in [0.29, 0.717) is 0 Å². The zero-order chi connectivity index (χ0) is 11.3. The maximum Gasteiger partial charge on any atom is -0.0212 e. The average Bonchev–Trinajstić information content (AvgIpc) is 2.99. The molecular formula is C14H29P. The highest BCUT2D eigenvalue weighted by Crippen LogP contribution is 2.41. The predicted molar refractivity (Wildman–Crippen MR) is 73.2 cm³/mol. The molecule has 90 valence electrons. The molecule has 0 spiro atoms. The van der Waals surface area contributed by atoms with Gasteiger partial charge in [0.05, 0.1) is 0 Å². The van der Waals surface area contributed by atoms with Crippen molar-refractivity contribution in [3.8, 4) is 0 Å². The highest BCUT2D eigenvalue weighted by molar-refractivity contribution is 7.56. The maximum absolute atomic E-state index is 2.47. The van der Waals surface area contributed by atoms with Crippen molar-refractivity contribution in [1.82, 2.24) is 0 Å². The van der Waals surface area contributed by atoms with Gasteiger partial charge in [-0.15, -0.1) is 7.92 Å². The summed E-state index contributed by atoms with van der Waals surface area (Å²) >= 11 is 0. The first kappa shape index (κ1) is 13.5. The first-order valence-corrected chi connectivity index (χ1v) is 9.10. The van der Waals surface area contributed by atoms with Crippen LogP contribution in [-0.2, 0) is 0 Å². The van der Waals surface area contributed by atoms with Gasteiger partial charge in [-0.1, -0.05) is 46.0 Å². The first-order chi connectivity index (χ1) is 7.13. The molecule has 0 nitrogen and oxygen atoms in total. The van der Waals surface area contributed by atoms with Gasteiger partial charge in [-0.25, -0.2) is 0 Å². The van der Waals surface area contributed by atoms with Crippen LogP contribution in [-0.4, -0.2) is 19.0 Å². The molecule has 2 atom stereocenters. The summed E-state index contributed by atoms with van der Waals surface area (Å²) in [6.45, 7) is 9.70. The van der Waals surface area contributed by atoms with Crippen molar-refractivity contribution in [1.29, 1.82) is 0 Å². The minimum Gasteiger partial charge on any atom is -0.110 e. The summed E-state index contributed by atoms with van der Waals surface area (Å²) in [5, 5.41) is 0. The zero-order valence-electron chi connectivity index (χ0n) is 11.1.